The molecule has 4 aliphatic rings. The van der Waals surface area contributed by atoms with Crippen LogP contribution < -0.4 is 0 Å². The minimum atomic E-state index is -1.23. The van der Waals surface area contributed by atoms with Crippen molar-refractivity contribution in [2.24, 2.45) is 35.0 Å². The second-order valence-corrected chi connectivity index (χ2v) is 10.9. The van der Waals surface area contributed by atoms with E-state index in [1.807, 2.05) is 0 Å². The summed E-state index contributed by atoms with van der Waals surface area (Å²) in [6.07, 6.45) is -0.441. The molecule has 4 fully saturated rings. The maximum absolute atomic E-state index is 11.6. The molecule has 0 aromatic heterocycles. The van der Waals surface area contributed by atoms with Gasteiger partial charge >= 0.3 is 5.97 Å². The fourth-order valence-corrected chi connectivity index (χ4v) is 7.10. The van der Waals surface area contributed by atoms with E-state index >= 15 is 0 Å². The summed E-state index contributed by atoms with van der Waals surface area (Å²) < 4.78 is 17.9. The van der Waals surface area contributed by atoms with Crippen LogP contribution in [0, 0.1) is 35.0 Å². The Kier molecular flexibility index (Phi) is 5.33. The molecular formula is C23H38O6. The van der Waals surface area contributed by atoms with Crippen molar-refractivity contribution in [3.05, 3.63) is 0 Å². The van der Waals surface area contributed by atoms with E-state index < -0.39 is 42.3 Å². The number of carbonyl (C=O) groups is 1. The minimum absolute atomic E-state index is 0.399. The number of fused-ring (bicyclic) bond motifs is 3. The van der Waals surface area contributed by atoms with Gasteiger partial charge in [-0.2, -0.15) is 0 Å². The van der Waals surface area contributed by atoms with Crippen LogP contribution >= 0.6 is 0 Å². The molecule has 1 heterocycles. The van der Waals surface area contributed by atoms with Crippen molar-refractivity contribution in [2.45, 2.75) is 104 Å². The fourth-order valence-electron chi connectivity index (χ4n) is 7.10. The van der Waals surface area contributed by atoms with E-state index in [4.69, 9.17) is 14.2 Å². The Labute approximate surface area is 174 Å². The largest absolute Gasteiger partial charge is 0.454 e. The number of ether oxygens (including phenoxy) is 3. The first kappa shape index (κ1) is 21.5. The molecule has 2 N–H and O–H groups in total. The van der Waals surface area contributed by atoms with Gasteiger partial charge in [0.2, 0.25) is 0 Å². The van der Waals surface area contributed by atoms with E-state index in [9.17, 15) is 15.0 Å². The van der Waals surface area contributed by atoms with E-state index in [0.29, 0.717) is 23.2 Å². The Hall–Kier alpha value is -0.690. The number of aliphatic hydroxyl groups is 2. The summed E-state index contributed by atoms with van der Waals surface area (Å²) in [6, 6.07) is 0. The fraction of sp³-hybridized carbons (Fsp3) is 0.957. The van der Waals surface area contributed by atoms with Crippen molar-refractivity contribution >= 4 is 5.97 Å². The van der Waals surface area contributed by atoms with Gasteiger partial charge < -0.3 is 24.4 Å². The molecule has 0 spiro atoms. The first-order valence-electron chi connectivity index (χ1n) is 11.3. The molecule has 0 aromatic carbocycles. The van der Waals surface area contributed by atoms with Crippen LogP contribution in [-0.4, -0.2) is 52.5 Å². The number of hydrogen-bond donors (Lipinski definition) is 2. The third kappa shape index (κ3) is 3.44. The zero-order chi connectivity index (χ0) is 21.3. The summed E-state index contributed by atoms with van der Waals surface area (Å²) in [5.74, 6) is 2.70. The van der Waals surface area contributed by atoms with E-state index in [0.717, 1.165) is 31.1 Å². The Morgan fingerprint density at radius 1 is 1.03 bits per heavy atom. The van der Waals surface area contributed by atoms with Gasteiger partial charge in [0.25, 0.3) is 0 Å². The number of esters is 1. The molecule has 5 unspecified atom stereocenters. The zero-order valence-corrected chi connectivity index (χ0v) is 18.6. The highest BCUT2D eigenvalue weighted by atomic mass is 16.7. The van der Waals surface area contributed by atoms with Crippen LogP contribution in [0.2, 0.25) is 0 Å². The Morgan fingerprint density at radius 2 is 1.72 bits per heavy atom. The second-order valence-electron chi connectivity index (χ2n) is 10.9. The molecule has 6 nitrogen and oxygen atoms in total. The maximum atomic E-state index is 11.6. The van der Waals surface area contributed by atoms with E-state index in [1.54, 1.807) is 6.92 Å². The van der Waals surface area contributed by atoms with Crippen molar-refractivity contribution < 1.29 is 29.2 Å². The van der Waals surface area contributed by atoms with E-state index in [2.05, 4.69) is 27.7 Å². The summed E-state index contributed by atoms with van der Waals surface area (Å²) in [5.41, 5.74) is 0.0169. The lowest BCUT2D eigenvalue weighted by Crippen LogP contribution is -2.61. The lowest BCUT2D eigenvalue weighted by atomic mass is 9.74. The van der Waals surface area contributed by atoms with Crippen LogP contribution in [0.5, 0.6) is 0 Å². The molecule has 0 bridgehead atoms. The number of hydrogen-bond acceptors (Lipinski definition) is 6. The standard InChI is InChI=1S/C23H38O6/c1-11-7-8-14-16(11)17-15(22(17,4)5)9-10-23(14,6)29-21-20(28-13(3)24)19(26)18(25)12(2)27-21/h11-12,14-21,25-26H,7-10H2,1-6H3/t11?,12-,14?,15?,16?,17?,18+,19+,20-,21+,23-/m1/s1. The molecule has 4 rings (SSSR count). The van der Waals surface area contributed by atoms with Crippen LogP contribution in [0.4, 0.5) is 0 Å². The van der Waals surface area contributed by atoms with Gasteiger partial charge in [-0.05, 0) is 68.1 Å². The maximum Gasteiger partial charge on any atom is 0.303 e. The van der Waals surface area contributed by atoms with Gasteiger partial charge in [-0.3, -0.25) is 4.79 Å². The van der Waals surface area contributed by atoms with Crippen molar-refractivity contribution in [1.82, 2.24) is 0 Å². The van der Waals surface area contributed by atoms with E-state index in [1.165, 1.54) is 13.3 Å². The van der Waals surface area contributed by atoms with Crippen LogP contribution in [0.15, 0.2) is 0 Å². The highest BCUT2D eigenvalue weighted by Crippen LogP contribution is 2.71. The zero-order valence-electron chi connectivity index (χ0n) is 18.6. The van der Waals surface area contributed by atoms with Crippen molar-refractivity contribution in [3.8, 4) is 0 Å². The Bertz CT molecular complexity index is 649. The average molecular weight is 411 g/mol. The lowest BCUT2D eigenvalue weighted by molar-refractivity contribution is -0.328. The molecule has 0 radical (unpaired) electrons. The molecule has 29 heavy (non-hydrogen) atoms. The molecule has 3 saturated carbocycles. The SMILES string of the molecule is CC(=O)O[C@H]1[C@H](O[C@]2(C)CCC3C(C4C(C)CCC42)C3(C)C)O[C@H](C)[C@H](O)[C@@H]1O. The molecule has 6 heteroatoms. The molecule has 1 saturated heterocycles. The van der Waals surface area contributed by atoms with Gasteiger partial charge in [0.05, 0.1) is 11.7 Å². The summed E-state index contributed by atoms with van der Waals surface area (Å²) in [7, 11) is 0. The van der Waals surface area contributed by atoms with Crippen LogP contribution in [0.3, 0.4) is 0 Å². The average Bonchev–Trinajstić information content (AvgIpc) is 3.00. The van der Waals surface area contributed by atoms with Crippen molar-refractivity contribution in [3.63, 3.8) is 0 Å². The summed E-state index contributed by atoms with van der Waals surface area (Å²) in [6.45, 7) is 12.4. The molecular weight excluding hydrogens is 372 g/mol. The van der Waals surface area contributed by atoms with Crippen molar-refractivity contribution in [1.29, 1.82) is 0 Å². The third-order valence-electron chi connectivity index (χ3n) is 8.82. The quantitative estimate of drug-likeness (QED) is 0.696. The molecule has 166 valence electrons. The molecule has 11 atom stereocenters. The predicted octanol–water partition coefficient (Wildman–Crippen LogP) is 2.89. The number of rotatable bonds is 3. The highest BCUT2D eigenvalue weighted by Gasteiger charge is 2.67. The van der Waals surface area contributed by atoms with Gasteiger partial charge in [-0.15, -0.1) is 0 Å². The van der Waals surface area contributed by atoms with Gasteiger partial charge in [-0.1, -0.05) is 27.2 Å². The van der Waals surface area contributed by atoms with Crippen molar-refractivity contribution in [2.75, 3.05) is 0 Å². The van der Waals surface area contributed by atoms with Gasteiger partial charge in [0.1, 0.15) is 12.2 Å². The molecule has 1 aliphatic heterocycles. The highest BCUT2D eigenvalue weighted by molar-refractivity contribution is 5.66. The first-order chi connectivity index (χ1) is 13.5. The second kappa shape index (κ2) is 7.18. The van der Waals surface area contributed by atoms with Gasteiger partial charge in [0.15, 0.2) is 12.4 Å². The molecule has 3 aliphatic carbocycles. The van der Waals surface area contributed by atoms with Crippen LogP contribution in [0.25, 0.3) is 0 Å². The molecule has 0 amide bonds. The topological polar surface area (TPSA) is 85.2 Å². The van der Waals surface area contributed by atoms with E-state index in [-0.39, 0.29) is 0 Å². The predicted molar refractivity (Wildman–Crippen MR) is 107 cm³/mol. The Morgan fingerprint density at radius 3 is 2.38 bits per heavy atom. The third-order valence-corrected chi connectivity index (χ3v) is 8.82. The molecule has 0 aromatic rings. The number of aliphatic hydroxyl groups excluding tert-OH is 2. The first-order valence-corrected chi connectivity index (χ1v) is 11.3. The normalized spacial score (nSPS) is 53.5. The monoisotopic (exact) mass is 410 g/mol. The minimum Gasteiger partial charge on any atom is -0.454 e. The summed E-state index contributed by atoms with van der Waals surface area (Å²) >= 11 is 0. The number of carbonyl (C=O) groups excluding carboxylic acids is 1. The van der Waals surface area contributed by atoms with Crippen LogP contribution in [0.1, 0.15) is 67.2 Å². The van der Waals surface area contributed by atoms with Gasteiger partial charge in [-0.25, -0.2) is 0 Å². The van der Waals surface area contributed by atoms with Gasteiger partial charge in [0, 0.05) is 6.92 Å². The lowest BCUT2D eigenvalue weighted by Gasteiger charge is -2.47. The summed E-state index contributed by atoms with van der Waals surface area (Å²) in [5, 5.41) is 20.8. The van der Waals surface area contributed by atoms with Crippen LogP contribution in [-0.2, 0) is 19.0 Å². The Balaban J connectivity index is 1.59. The summed E-state index contributed by atoms with van der Waals surface area (Å²) in [4.78, 5) is 11.6. The smallest absolute Gasteiger partial charge is 0.303 e.